The van der Waals surface area contributed by atoms with Gasteiger partial charge in [0.05, 0.1) is 31.3 Å². The summed E-state index contributed by atoms with van der Waals surface area (Å²) >= 11 is 0. The second-order valence-electron chi connectivity index (χ2n) is 5.60. The number of aromatic amines is 1. The van der Waals surface area contributed by atoms with Crippen molar-refractivity contribution in [3.63, 3.8) is 0 Å². The molecule has 0 bridgehead atoms. The number of hydrogen-bond acceptors (Lipinski definition) is 4. The highest BCUT2D eigenvalue weighted by Gasteiger charge is 2.18. The van der Waals surface area contributed by atoms with Gasteiger partial charge in [-0.15, -0.1) is 0 Å². The Morgan fingerprint density at radius 1 is 1.20 bits per heavy atom. The summed E-state index contributed by atoms with van der Waals surface area (Å²) in [4.78, 5) is 12.7. The van der Waals surface area contributed by atoms with Crippen LogP contribution in [0.5, 0.6) is 11.5 Å². The Bertz CT molecular complexity index is 911. The average Bonchev–Trinajstić information content (AvgIpc) is 3.20. The standard InChI is InChI=1S/C18H20N4O3/c1-11-16(17(21-20-11)13-6-5-9-22(13)2)19-18(23)12-7-8-14(24-3)15(10-12)25-4/h5-10H,1-4H3,(H,19,23)(H,20,21). The molecule has 130 valence electrons. The number of H-pyrrole nitrogens is 1. The van der Waals surface area contributed by atoms with Gasteiger partial charge >= 0.3 is 0 Å². The maximum Gasteiger partial charge on any atom is 0.255 e. The molecule has 0 aliphatic rings. The molecule has 7 heteroatoms. The summed E-state index contributed by atoms with van der Waals surface area (Å²) in [5, 5.41) is 10.2. The molecule has 0 aliphatic carbocycles. The molecule has 0 unspecified atom stereocenters. The normalized spacial score (nSPS) is 10.6. The van der Waals surface area contributed by atoms with E-state index in [0.717, 1.165) is 11.4 Å². The lowest BCUT2D eigenvalue weighted by Gasteiger charge is -2.11. The average molecular weight is 340 g/mol. The summed E-state index contributed by atoms with van der Waals surface area (Å²) < 4.78 is 12.4. The van der Waals surface area contributed by atoms with Gasteiger partial charge in [-0.05, 0) is 37.3 Å². The summed E-state index contributed by atoms with van der Waals surface area (Å²) in [6.07, 6.45) is 1.93. The molecule has 0 fully saturated rings. The number of aromatic nitrogens is 3. The first-order valence-electron chi connectivity index (χ1n) is 7.75. The molecule has 0 saturated carbocycles. The summed E-state index contributed by atoms with van der Waals surface area (Å²) in [5.74, 6) is 0.825. The van der Waals surface area contributed by atoms with Crippen LogP contribution in [0, 0.1) is 6.92 Å². The van der Waals surface area contributed by atoms with Crippen molar-refractivity contribution in [3.8, 4) is 22.9 Å². The van der Waals surface area contributed by atoms with E-state index in [0.29, 0.717) is 28.4 Å². The quantitative estimate of drug-likeness (QED) is 0.748. The second kappa shape index (κ2) is 6.72. The Kier molecular flexibility index (Phi) is 4.47. The van der Waals surface area contributed by atoms with Crippen molar-refractivity contribution in [2.24, 2.45) is 7.05 Å². The van der Waals surface area contributed by atoms with Crippen molar-refractivity contribution >= 4 is 11.6 Å². The van der Waals surface area contributed by atoms with Crippen LogP contribution >= 0.6 is 0 Å². The van der Waals surface area contributed by atoms with Gasteiger partial charge < -0.3 is 19.4 Å². The lowest BCUT2D eigenvalue weighted by Crippen LogP contribution is -2.13. The SMILES string of the molecule is COc1ccc(C(=O)Nc2c(-c3cccn3C)n[nH]c2C)cc1OC. The highest BCUT2D eigenvalue weighted by molar-refractivity contribution is 6.06. The number of carbonyl (C=O) groups is 1. The number of aryl methyl sites for hydroxylation is 2. The molecule has 0 saturated heterocycles. The van der Waals surface area contributed by atoms with Gasteiger partial charge in [-0.1, -0.05) is 0 Å². The van der Waals surface area contributed by atoms with E-state index in [1.54, 1.807) is 25.3 Å². The van der Waals surface area contributed by atoms with Gasteiger partial charge in [-0.25, -0.2) is 0 Å². The monoisotopic (exact) mass is 340 g/mol. The third kappa shape index (κ3) is 3.08. The first-order chi connectivity index (χ1) is 12.0. The van der Waals surface area contributed by atoms with Crippen molar-refractivity contribution in [2.75, 3.05) is 19.5 Å². The largest absolute Gasteiger partial charge is 0.493 e. The number of nitrogens with one attached hydrogen (secondary N) is 2. The van der Waals surface area contributed by atoms with Crippen LogP contribution in [-0.2, 0) is 7.05 Å². The minimum absolute atomic E-state index is 0.249. The molecular weight excluding hydrogens is 320 g/mol. The predicted molar refractivity (Wildman–Crippen MR) is 95.2 cm³/mol. The molecule has 0 spiro atoms. The third-order valence-corrected chi connectivity index (χ3v) is 4.02. The van der Waals surface area contributed by atoms with Gasteiger partial charge in [0.15, 0.2) is 11.5 Å². The van der Waals surface area contributed by atoms with Crippen molar-refractivity contribution in [2.45, 2.75) is 6.92 Å². The molecule has 1 amide bonds. The zero-order valence-corrected chi connectivity index (χ0v) is 14.6. The number of amides is 1. The number of ether oxygens (including phenoxy) is 2. The van der Waals surface area contributed by atoms with Gasteiger partial charge in [-0.2, -0.15) is 5.10 Å². The number of hydrogen-bond donors (Lipinski definition) is 2. The van der Waals surface area contributed by atoms with E-state index in [2.05, 4.69) is 15.5 Å². The Hall–Kier alpha value is -3.22. The van der Waals surface area contributed by atoms with Crippen LogP contribution in [0.3, 0.4) is 0 Å². The molecule has 2 heterocycles. The highest BCUT2D eigenvalue weighted by Crippen LogP contribution is 2.31. The Morgan fingerprint density at radius 2 is 1.96 bits per heavy atom. The summed E-state index contributed by atoms with van der Waals surface area (Å²) in [5.41, 5.74) is 3.51. The van der Waals surface area contributed by atoms with Crippen LogP contribution in [0.25, 0.3) is 11.4 Å². The molecule has 3 aromatic rings. The van der Waals surface area contributed by atoms with E-state index >= 15 is 0 Å². The number of carbonyl (C=O) groups excluding carboxylic acids is 1. The minimum Gasteiger partial charge on any atom is -0.493 e. The summed E-state index contributed by atoms with van der Waals surface area (Å²) in [6, 6.07) is 8.91. The molecule has 25 heavy (non-hydrogen) atoms. The number of methoxy groups -OCH3 is 2. The van der Waals surface area contributed by atoms with Crippen LogP contribution in [0.4, 0.5) is 5.69 Å². The van der Waals surface area contributed by atoms with Crippen LogP contribution in [-0.4, -0.2) is 34.9 Å². The van der Waals surface area contributed by atoms with Crippen molar-refractivity contribution in [3.05, 3.63) is 47.8 Å². The lowest BCUT2D eigenvalue weighted by molar-refractivity contribution is 0.102. The van der Waals surface area contributed by atoms with E-state index in [9.17, 15) is 4.79 Å². The van der Waals surface area contributed by atoms with Crippen LogP contribution in [0.1, 0.15) is 16.1 Å². The Labute approximate surface area is 145 Å². The van der Waals surface area contributed by atoms with Gasteiger partial charge in [0.2, 0.25) is 0 Å². The van der Waals surface area contributed by atoms with Crippen molar-refractivity contribution in [1.82, 2.24) is 14.8 Å². The molecule has 7 nitrogen and oxygen atoms in total. The van der Waals surface area contributed by atoms with Crippen molar-refractivity contribution < 1.29 is 14.3 Å². The smallest absolute Gasteiger partial charge is 0.255 e. The van der Waals surface area contributed by atoms with Gasteiger partial charge in [0.1, 0.15) is 5.69 Å². The predicted octanol–water partition coefficient (Wildman–Crippen LogP) is 2.99. The van der Waals surface area contributed by atoms with E-state index in [-0.39, 0.29) is 5.91 Å². The number of anilines is 1. The first kappa shape index (κ1) is 16.6. The van der Waals surface area contributed by atoms with E-state index in [1.165, 1.54) is 7.11 Å². The van der Waals surface area contributed by atoms with E-state index in [4.69, 9.17) is 9.47 Å². The highest BCUT2D eigenvalue weighted by atomic mass is 16.5. The molecule has 0 aliphatic heterocycles. The van der Waals surface area contributed by atoms with Crippen LogP contribution in [0.2, 0.25) is 0 Å². The van der Waals surface area contributed by atoms with Crippen LogP contribution in [0.15, 0.2) is 36.5 Å². The number of benzene rings is 1. The fourth-order valence-corrected chi connectivity index (χ4v) is 2.64. The summed E-state index contributed by atoms with van der Waals surface area (Å²) in [6.45, 7) is 1.86. The van der Waals surface area contributed by atoms with E-state index in [1.807, 2.05) is 36.9 Å². The fourth-order valence-electron chi connectivity index (χ4n) is 2.64. The van der Waals surface area contributed by atoms with Gasteiger partial charge in [0.25, 0.3) is 5.91 Å². The molecular formula is C18H20N4O3. The molecule has 0 atom stereocenters. The second-order valence-corrected chi connectivity index (χ2v) is 5.60. The van der Waals surface area contributed by atoms with E-state index < -0.39 is 0 Å². The molecule has 2 aromatic heterocycles. The molecule has 0 radical (unpaired) electrons. The molecule has 3 rings (SSSR count). The zero-order chi connectivity index (χ0) is 18.0. The van der Waals surface area contributed by atoms with Gasteiger partial charge in [0, 0.05) is 18.8 Å². The maximum absolute atomic E-state index is 12.7. The topological polar surface area (TPSA) is 81.2 Å². The lowest BCUT2D eigenvalue weighted by atomic mass is 10.1. The summed E-state index contributed by atoms with van der Waals surface area (Å²) in [7, 11) is 5.02. The Balaban J connectivity index is 1.92. The minimum atomic E-state index is -0.249. The number of nitrogens with zero attached hydrogens (tertiary/aromatic N) is 2. The van der Waals surface area contributed by atoms with Crippen LogP contribution < -0.4 is 14.8 Å². The molecule has 1 aromatic carbocycles. The maximum atomic E-state index is 12.7. The zero-order valence-electron chi connectivity index (χ0n) is 14.6. The first-order valence-corrected chi connectivity index (χ1v) is 7.75. The third-order valence-electron chi connectivity index (χ3n) is 4.02. The number of rotatable bonds is 5. The Morgan fingerprint density at radius 3 is 2.60 bits per heavy atom. The molecule has 2 N–H and O–H groups in total. The van der Waals surface area contributed by atoms with Gasteiger partial charge in [-0.3, -0.25) is 9.89 Å². The fraction of sp³-hybridized carbons (Fsp3) is 0.222. The van der Waals surface area contributed by atoms with Crippen molar-refractivity contribution in [1.29, 1.82) is 0 Å².